The maximum atomic E-state index is 13.0. The molecule has 0 bridgehead atoms. The molecule has 31 heavy (non-hydrogen) atoms. The van der Waals surface area contributed by atoms with Crippen LogP contribution >= 0.6 is 0 Å². The Morgan fingerprint density at radius 2 is 1.45 bits per heavy atom. The number of anilines is 1. The van der Waals surface area contributed by atoms with E-state index in [-0.39, 0.29) is 39.5 Å². The van der Waals surface area contributed by atoms with Gasteiger partial charge in [0.2, 0.25) is 0 Å². The van der Waals surface area contributed by atoms with Crippen LogP contribution in [0.2, 0.25) is 0 Å². The van der Waals surface area contributed by atoms with E-state index in [4.69, 9.17) is 9.47 Å². The van der Waals surface area contributed by atoms with Gasteiger partial charge in [0.1, 0.15) is 5.75 Å². The normalized spacial score (nSPS) is 11.9. The monoisotopic (exact) mass is 415 g/mol. The summed E-state index contributed by atoms with van der Waals surface area (Å²) in [6.07, 6.45) is 0. The number of nitrogens with one attached hydrogen (secondary N) is 1. The molecule has 1 N–H and O–H groups in total. The maximum absolute atomic E-state index is 13.0. The molecule has 0 radical (unpaired) electrons. The fraction of sp³-hybridized carbons (Fsp3) is 0.0833. The summed E-state index contributed by atoms with van der Waals surface area (Å²) >= 11 is 0. The third kappa shape index (κ3) is 3.81. The van der Waals surface area contributed by atoms with Crippen LogP contribution in [0.25, 0.3) is 0 Å². The van der Waals surface area contributed by atoms with Crippen molar-refractivity contribution in [3.8, 4) is 5.75 Å². The fourth-order valence-corrected chi connectivity index (χ4v) is 3.38. The highest BCUT2D eigenvalue weighted by molar-refractivity contribution is 6.30. The van der Waals surface area contributed by atoms with Gasteiger partial charge in [-0.05, 0) is 30.3 Å². The SMILES string of the molecule is COc1ccc(C(=O)OCC(=O)Nc2cccc3c2C(=O)c2ccccc2C3=O)cc1. The molecule has 0 unspecified atom stereocenters. The first-order chi connectivity index (χ1) is 15.0. The van der Waals surface area contributed by atoms with Crippen molar-refractivity contribution in [2.45, 2.75) is 0 Å². The molecule has 0 atom stereocenters. The number of amides is 1. The minimum Gasteiger partial charge on any atom is -0.497 e. The van der Waals surface area contributed by atoms with Crippen LogP contribution < -0.4 is 10.1 Å². The van der Waals surface area contributed by atoms with E-state index >= 15 is 0 Å². The molecule has 0 saturated carbocycles. The van der Waals surface area contributed by atoms with E-state index in [0.29, 0.717) is 11.3 Å². The molecule has 3 aromatic rings. The predicted molar refractivity (Wildman–Crippen MR) is 112 cm³/mol. The quantitative estimate of drug-likeness (QED) is 0.503. The Morgan fingerprint density at radius 3 is 2.13 bits per heavy atom. The van der Waals surface area contributed by atoms with Crippen LogP contribution in [0.1, 0.15) is 42.2 Å². The van der Waals surface area contributed by atoms with Crippen molar-refractivity contribution < 1.29 is 28.7 Å². The lowest BCUT2D eigenvalue weighted by Gasteiger charge is -2.20. The Bertz CT molecular complexity index is 1210. The van der Waals surface area contributed by atoms with Gasteiger partial charge in [-0.25, -0.2) is 4.79 Å². The second-order valence-corrected chi connectivity index (χ2v) is 6.78. The van der Waals surface area contributed by atoms with Gasteiger partial charge >= 0.3 is 5.97 Å². The number of hydrogen-bond donors (Lipinski definition) is 1. The van der Waals surface area contributed by atoms with Gasteiger partial charge in [-0.15, -0.1) is 0 Å². The second kappa shape index (κ2) is 8.23. The highest BCUT2D eigenvalue weighted by Crippen LogP contribution is 2.31. The molecule has 7 heteroatoms. The summed E-state index contributed by atoms with van der Waals surface area (Å²) in [5, 5.41) is 2.57. The number of benzene rings is 3. The van der Waals surface area contributed by atoms with Crippen molar-refractivity contribution >= 4 is 29.1 Å². The molecule has 7 nitrogen and oxygen atoms in total. The Balaban J connectivity index is 1.49. The van der Waals surface area contributed by atoms with Crippen LogP contribution in [0.3, 0.4) is 0 Å². The van der Waals surface area contributed by atoms with E-state index in [9.17, 15) is 19.2 Å². The van der Waals surface area contributed by atoms with Crippen molar-refractivity contribution in [1.29, 1.82) is 0 Å². The standard InChI is InChI=1S/C24H17NO6/c1-30-15-11-9-14(10-12-15)24(29)31-13-20(26)25-19-8-4-7-18-21(19)23(28)17-6-3-2-5-16(17)22(18)27/h2-12H,13H2,1H3,(H,25,26). The minimum atomic E-state index is -0.673. The van der Waals surface area contributed by atoms with Gasteiger partial charge in [0.05, 0.1) is 23.9 Å². The molecule has 0 heterocycles. The molecule has 4 rings (SSSR count). The Kier molecular flexibility index (Phi) is 5.32. The fourth-order valence-electron chi connectivity index (χ4n) is 3.38. The second-order valence-electron chi connectivity index (χ2n) is 6.78. The average molecular weight is 415 g/mol. The topological polar surface area (TPSA) is 98.8 Å². The molecule has 1 aliphatic carbocycles. The van der Waals surface area contributed by atoms with Crippen molar-refractivity contribution in [1.82, 2.24) is 0 Å². The third-order valence-electron chi connectivity index (χ3n) is 4.89. The van der Waals surface area contributed by atoms with E-state index in [1.54, 1.807) is 48.5 Å². The molecule has 0 aliphatic heterocycles. The first-order valence-corrected chi connectivity index (χ1v) is 9.42. The number of fused-ring (bicyclic) bond motifs is 2. The highest BCUT2D eigenvalue weighted by Gasteiger charge is 2.31. The summed E-state index contributed by atoms with van der Waals surface area (Å²) in [6.45, 7) is -0.548. The zero-order valence-electron chi connectivity index (χ0n) is 16.5. The highest BCUT2D eigenvalue weighted by atomic mass is 16.5. The van der Waals surface area contributed by atoms with E-state index in [1.807, 2.05) is 0 Å². The number of hydrogen-bond acceptors (Lipinski definition) is 6. The molecule has 3 aromatic carbocycles. The summed E-state index contributed by atoms with van der Waals surface area (Å²) in [5.74, 6) is -1.35. The van der Waals surface area contributed by atoms with Gasteiger partial charge in [0, 0.05) is 16.7 Å². The Hall–Kier alpha value is -4.26. The van der Waals surface area contributed by atoms with Crippen LogP contribution in [-0.2, 0) is 9.53 Å². The van der Waals surface area contributed by atoms with E-state index in [1.165, 1.54) is 25.3 Å². The number of esters is 1. The molecule has 0 spiro atoms. The number of rotatable bonds is 5. The molecule has 154 valence electrons. The number of ether oxygens (including phenoxy) is 2. The van der Waals surface area contributed by atoms with Crippen molar-refractivity contribution in [3.05, 3.63) is 94.5 Å². The van der Waals surface area contributed by atoms with E-state index in [0.717, 1.165) is 0 Å². The van der Waals surface area contributed by atoms with Crippen molar-refractivity contribution in [2.75, 3.05) is 19.0 Å². The molecule has 0 fully saturated rings. The van der Waals surface area contributed by atoms with Crippen molar-refractivity contribution in [2.24, 2.45) is 0 Å². The lowest BCUT2D eigenvalue weighted by molar-refractivity contribution is -0.119. The summed E-state index contributed by atoms with van der Waals surface area (Å²) < 4.78 is 10.1. The van der Waals surface area contributed by atoms with Crippen LogP contribution in [-0.4, -0.2) is 37.2 Å². The maximum Gasteiger partial charge on any atom is 0.338 e. The summed E-state index contributed by atoms with van der Waals surface area (Å²) in [5.41, 5.74) is 1.42. The van der Waals surface area contributed by atoms with Gasteiger partial charge in [0.25, 0.3) is 5.91 Å². The summed E-state index contributed by atoms with van der Waals surface area (Å²) in [7, 11) is 1.51. The van der Waals surface area contributed by atoms with Crippen LogP contribution in [0.5, 0.6) is 5.75 Å². The predicted octanol–water partition coefficient (Wildman–Crippen LogP) is 3.27. The smallest absolute Gasteiger partial charge is 0.338 e. The largest absolute Gasteiger partial charge is 0.497 e. The van der Waals surface area contributed by atoms with E-state index in [2.05, 4.69) is 5.32 Å². The van der Waals surface area contributed by atoms with E-state index < -0.39 is 18.5 Å². The average Bonchev–Trinajstić information content (AvgIpc) is 2.81. The molecular formula is C24H17NO6. The minimum absolute atomic E-state index is 0.126. The van der Waals surface area contributed by atoms with Crippen LogP contribution in [0, 0.1) is 0 Å². The van der Waals surface area contributed by atoms with Gasteiger partial charge in [-0.2, -0.15) is 0 Å². The zero-order valence-corrected chi connectivity index (χ0v) is 16.5. The lowest BCUT2D eigenvalue weighted by Crippen LogP contribution is -2.26. The molecule has 1 aliphatic rings. The summed E-state index contributed by atoms with van der Waals surface area (Å²) in [4.78, 5) is 50.2. The van der Waals surface area contributed by atoms with Gasteiger partial charge in [0.15, 0.2) is 18.2 Å². The number of carbonyl (C=O) groups excluding carboxylic acids is 4. The summed E-state index contributed by atoms with van der Waals surface area (Å²) in [6, 6.07) is 17.5. The third-order valence-corrected chi connectivity index (χ3v) is 4.89. The molecule has 1 amide bonds. The first kappa shape index (κ1) is 20.0. The number of methoxy groups -OCH3 is 1. The Morgan fingerprint density at radius 1 is 0.806 bits per heavy atom. The zero-order chi connectivity index (χ0) is 22.0. The van der Waals surface area contributed by atoms with Gasteiger partial charge < -0.3 is 14.8 Å². The molecule has 0 aromatic heterocycles. The number of carbonyl (C=O) groups is 4. The van der Waals surface area contributed by atoms with Gasteiger partial charge in [-0.3, -0.25) is 14.4 Å². The van der Waals surface area contributed by atoms with Gasteiger partial charge in [-0.1, -0.05) is 36.4 Å². The Labute approximate surface area is 177 Å². The van der Waals surface area contributed by atoms with Crippen LogP contribution in [0.4, 0.5) is 5.69 Å². The van der Waals surface area contributed by atoms with Crippen LogP contribution in [0.15, 0.2) is 66.7 Å². The first-order valence-electron chi connectivity index (χ1n) is 9.42. The number of ketones is 2. The molecular weight excluding hydrogens is 398 g/mol. The lowest BCUT2D eigenvalue weighted by atomic mass is 9.83. The molecule has 0 saturated heterocycles. The van der Waals surface area contributed by atoms with Crippen molar-refractivity contribution in [3.63, 3.8) is 0 Å².